The number of imidazole rings is 1. The van der Waals surface area contributed by atoms with E-state index in [1.54, 1.807) is 19.4 Å². The average molecular weight is 227 g/mol. The highest BCUT2D eigenvalue weighted by Gasteiger charge is 2.12. The van der Waals surface area contributed by atoms with Gasteiger partial charge in [0.15, 0.2) is 0 Å². The molecule has 1 heterocycles. The number of carbonyl (C=O) groups excluding carboxylic acids is 1. The lowest BCUT2D eigenvalue weighted by Crippen LogP contribution is -2.32. The van der Waals surface area contributed by atoms with Gasteiger partial charge in [-0.2, -0.15) is 0 Å². The summed E-state index contributed by atoms with van der Waals surface area (Å²) in [7, 11) is 0. The van der Waals surface area contributed by atoms with Crippen molar-refractivity contribution in [3.8, 4) is 0 Å². The zero-order chi connectivity index (χ0) is 12.6. The van der Waals surface area contributed by atoms with Gasteiger partial charge in [0.2, 0.25) is 6.29 Å². The van der Waals surface area contributed by atoms with Crippen molar-refractivity contribution in [3.63, 3.8) is 0 Å². The fraction of sp³-hybridized carbons (Fsp3) is 0.444. The van der Waals surface area contributed by atoms with Crippen LogP contribution < -0.4 is 11.5 Å². The molecular formula is C9H15N4O3. The minimum Gasteiger partial charge on any atom is -0.480 e. The highest BCUT2D eigenvalue weighted by atomic mass is 16.4. The highest BCUT2D eigenvalue weighted by molar-refractivity contribution is 5.73. The molecule has 0 saturated carbocycles. The van der Waals surface area contributed by atoms with Crippen molar-refractivity contribution in [2.45, 2.75) is 25.4 Å². The highest BCUT2D eigenvalue weighted by Crippen LogP contribution is 1.95. The van der Waals surface area contributed by atoms with Gasteiger partial charge in [-0.15, -0.1) is 0 Å². The molecule has 7 nitrogen and oxygen atoms in total. The van der Waals surface area contributed by atoms with Crippen LogP contribution in [0, 0.1) is 0 Å². The fourth-order valence-electron chi connectivity index (χ4n) is 0.715. The van der Waals surface area contributed by atoms with E-state index in [4.69, 9.17) is 16.6 Å². The number of nitrogens with one attached hydrogen (secondary N) is 1. The van der Waals surface area contributed by atoms with Gasteiger partial charge in [0.25, 0.3) is 0 Å². The number of carbonyl (C=O) groups is 1. The molecule has 0 aliphatic carbocycles. The first kappa shape index (κ1) is 14.3. The summed E-state index contributed by atoms with van der Waals surface area (Å²) in [6.45, 7) is 1.58. The number of rotatable bonds is 4. The zero-order valence-electron chi connectivity index (χ0n) is 8.88. The van der Waals surface area contributed by atoms with Crippen molar-refractivity contribution in [1.29, 1.82) is 0 Å². The lowest BCUT2D eigenvalue weighted by molar-refractivity contribution is -0.138. The van der Waals surface area contributed by atoms with Crippen LogP contribution in [0.4, 0.5) is 0 Å². The molecule has 1 unspecified atom stereocenters. The second kappa shape index (κ2) is 7.55. The lowest BCUT2D eigenvalue weighted by Gasteiger charge is -2.01. The molecule has 1 rings (SSSR count). The molecule has 0 aliphatic rings. The summed E-state index contributed by atoms with van der Waals surface area (Å²) >= 11 is 0. The molecular weight excluding hydrogens is 212 g/mol. The van der Waals surface area contributed by atoms with Crippen molar-refractivity contribution < 1.29 is 14.7 Å². The largest absolute Gasteiger partial charge is 0.480 e. The number of carboxylic acid groups (broad SMARTS) is 1. The van der Waals surface area contributed by atoms with Crippen molar-refractivity contribution >= 4 is 12.3 Å². The van der Waals surface area contributed by atoms with E-state index < -0.39 is 18.1 Å². The van der Waals surface area contributed by atoms with Crippen molar-refractivity contribution in [2.24, 2.45) is 11.5 Å². The molecule has 1 radical (unpaired) electrons. The molecule has 7 heteroatoms. The van der Waals surface area contributed by atoms with Crippen LogP contribution in [-0.4, -0.2) is 39.4 Å². The number of aromatic amines is 1. The molecule has 0 amide bonds. The van der Waals surface area contributed by atoms with E-state index >= 15 is 0 Å². The number of hydrogen-bond donors (Lipinski definition) is 4. The Morgan fingerprint density at radius 2 is 2.25 bits per heavy atom. The first-order chi connectivity index (χ1) is 7.47. The predicted molar refractivity (Wildman–Crippen MR) is 57.2 cm³/mol. The number of hydrogen-bond acceptors (Lipinski definition) is 5. The summed E-state index contributed by atoms with van der Waals surface area (Å²) in [5, 5.41) is 8.42. The second-order valence-corrected chi connectivity index (χ2v) is 3.12. The van der Waals surface area contributed by atoms with Gasteiger partial charge in [-0.25, -0.2) is 4.98 Å². The number of nitrogens with two attached hydrogens (primary N) is 2. The molecule has 0 aliphatic heterocycles. The summed E-state index contributed by atoms with van der Waals surface area (Å²) < 4.78 is 0. The Kier molecular flexibility index (Phi) is 6.73. The maximum atomic E-state index is 10.3. The van der Waals surface area contributed by atoms with E-state index in [-0.39, 0.29) is 6.42 Å². The lowest BCUT2D eigenvalue weighted by atomic mass is 10.2. The Labute approximate surface area is 92.9 Å². The van der Waals surface area contributed by atoms with Crippen LogP contribution >= 0.6 is 0 Å². The van der Waals surface area contributed by atoms with Gasteiger partial charge in [-0.1, -0.05) is 0 Å². The SMILES string of the molecule is CC(N)[C]=O.N[C@@H](Cc1c[nH]cn1)C(=O)O. The van der Waals surface area contributed by atoms with Gasteiger partial charge in [0.05, 0.1) is 18.1 Å². The number of aromatic nitrogens is 2. The topological polar surface area (TPSA) is 135 Å². The van der Waals surface area contributed by atoms with Crippen LogP contribution in [-0.2, 0) is 16.0 Å². The predicted octanol–water partition coefficient (Wildman–Crippen LogP) is -1.19. The third-order valence-corrected chi connectivity index (χ3v) is 1.49. The number of H-pyrrole nitrogens is 1. The fourth-order valence-corrected chi connectivity index (χ4v) is 0.715. The molecule has 1 aromatic rings. The van der Waals surface area contributed by atoms with Gasteiger partial charge in [-0.05, 0) is 6.92 Å². The second-order valence-electron chi connectivity index (χ2n) is 3.12. The summed E-state index contributed by atoms with van der Waals surface area (Å²) in [6, 6.07) is -1.28. The zero-order valence-corrected chi connectivity index (χ0v) is 8.88. The maximum absolute atomic E-state index is 10.3. The average Bonchev–Trinajstić information content (AvgIpc) is 2.71. The van der Waals surface area contributed by atoms with Crippen LogP contribution in [0.2, 0.25) is 0 Å². The summed E-state index contributed by atoms with van der Waals surface area (Å²) in [5.41, 5.74) is 10.8. The van der Waals surface area contributed by atoms with Crippen molar-refractivity contribution in [2.75, 3.05) is 0 Å². The molecule has 1 aromatic heterocycles. The van der Waals surface area contributed by atoms with Gasteiger partial charge in [0.1, 0.15) is 6.04 Å². The minimum absolute atomic E-state index is 0.263. The Morgan fingerprint density at radius 3 is 2.56 bits per heavy atom. The first-order valence-corrected chi connectivity index (χ1v) is 4.56. The van der Waals surface area contributed by atoms with E-state index in [1.165, 1.54) is 6.33 Å². The van der Waals surface area contributed by atoms with E-state index in [0.717, 1.165) is 0 Å². The Hall–Kier alpha value is -1.73. The Morgan fingerprint density at radius 1 is 1.69 bits per heavy atom. The normalized spacial score (nSPS) is 13.2. The quantitative estimate of drug-likeness (QED) is 0.510. The van der Waals surface area contributed by atoms with Crippen LogP contribution in [0.1, 0.15) is 12.6 Å². The van der Waals surface area contributed by atoms with Gasteiger partial charge in [0, 0.05) is 12.6 Å². The van der Waals surface area contributed by atoms with Crippen molar-refractivity contribution in [1.82, 2.24) is 9.97 Å². The van der Waals surface area contributed by atoms with E-state index in [0.29, 0.717) is 5.69 Å². The molecule has 89 valence electrons. The third-order valence-electron chi connectivity index (χ3n) is 1.49. The van der Waals surface area contributed by atoms with Gasteiger partial charge < -0.3 is 21.6 Å². The van der Waals surface area contributed by atoms with Gasteiger partial charge in [-0.3, -0.25) is 9.59 Å². The summed E-state index contributed by atoms with van der Waals surface area (Å²) in [6.07, 6.45) is 4.94. The molecule has 0 aromatic carbocycles. The standard InChI is InChI=1S/C6H9N3O2.C3H6NO/c7-5(6(10)11)1-4-2-8-3-9-4;1-3(4)2-5/h2-3,5H,1,7H2,(H,8,9)(H,10,11);3H,4H2,1H3/t5-;/m0./s1. The summed E-state index contributed by atoms with van der Waals surface area (Å²) in [4.78, 5) is 26.1. The van der Waals surface area contributed by atoms with Gasteiger partial charge >= 0.3 is 5.97 Å². The molecule has 0 fully saturated rings. The molecule has 6 N–H and O–H groups in total. The Bertz CT molecular complexity index is 311. The van der Waals surface area contributed by atoms with Crippen molar-refractivity contribution in [3.05, 3.63) is 18.2 Å². The molecule has 16 heavy (non-hydrogen) atoms. The van der Waals surface area contributed by atoms with Crippen LogP contribution in [0.3, 0.4) is 0 Å². The third kappa shape index (κ3) is 6.68. The molecule has 0 saturated heterocycles. The van der Waals surface area contributed by atoms with Crippen LogP contribution in [0.25, 0.3) is 0 Å². The Balaban J connectivity index is 0.000000385. The monoisotopic (exact) mass is 227 g/mol. The summed E-state index contributed by atoms with van der Waals surface area (Å²) in [5.74, 6) is -1.01. The number of aliphatic carboxylic acids is 1. The smallest absolute Gasteiger partial charge is 0.320 e. The number of carboxylic acids is 1. The molecule has 0 bridgehead atoms. The van der Waals surface area contributed by atoms with E-state index in [2.05, 4.69) is 9.97 Å². The first-order valence-electron chi connectivity index (χ1n) is 4.56. The van der Waals surface area contributed by atoms with Crippen LogP contribution in [0.15, 0.2) is 12.5 Å². The van der Waals surface area contributed by atoms with E-state index in [1.807, 2.05) is 0 Å². The minimum atomic E-state index is -1.01. The number of nitrogens with zero attached hydrogens (tertiary/aromatic N) is 1. The molecule has 2 atom stereocenters. The van der Waals surface area contributed by atoms with E-state index in [9.17, 15) is 9.59 Å². The maximum Gasteiger partial charge on any atom is 0.320 e. The molecule has 0 spiro atoms. The van der Waals surface area contributed by atoms with Crippen LogP contribution in [0.5, 0.6) is 0 Å².